The Morgan fingerprint density at radius 3 is 2.36 bits per heavy atom. The molecule has 6 heteroatoms. The van der Waals surface area contributed by atoms with Gasteiger partial charge in [-0.2, -0.15) is 0 Å². The number of nitrogens with one attached hydrogen (secondary N) is 1. The lowest BCUT2D eigenvalue weighted by Gasteiger charge is -2.55. The molecular formula is C19H26N4O2. The molecular weight excluding hydrogens is 316 g/mol. The van der Waals surface area contributed by atoms with Gasteiger partial charge in [0.25, 0.3) is 0 Å². The van der Waals surface area contributed by atoms with Crippen LogP contribution in [-0.2, 0) is 9.53 Å². The number of hydrogen-bond donors (Lipinski definition) is 1. The van der Waals surface area contributed by atoms with E-state index in [4.69, 9.17) is 4.74 Å². The van der Waals surface area contributed by atoms with Gasteiger partial charge < -0.3 is 15.0 Å². The van der Waals surface area contributed by atoms with Crippen molar-refractivity contribution in [1.29, 1.82) is 0 Å². The molecule has 1 amide bonds. The summed E-state index contributed by atoms with van der Waals surface area (Å²) in [6.07, 6.45) is 8.83. The van der Waals surface area contributed by atoms with Crippen LogP contribution in [0.15, 0.2) is 12.4 Å². The number of amides is 1. The first-order valence-corrected chi connectivity index (χ1v) is 9.66. The van der Waals surface area contributed by atoms with E-state index in [0.29, 0.717) is 5.82 Å². The van der Waals surface area contributed by atoms with Gasteiger partial charge in [-0.15, -0.1) is 0 Å². The summed E-state index contributed by atoms with van der Waals surface area (Å²) in [5.41, 5.74) is -0.140. The molecule has 1 saturated heterocycles. The van der Waals surface area contributed by atoms with Crippen LogP contribution in [0.4, 0.5) is 11.6 Å². The van der Waals surface area contributed by atoms with Gasteiger partial charge in [0, 0.05) is 19.2 Å². The summed E-state index contributed by atoms with van der Waals surface area (Å²) in [6, 6.07) is 1.91. The largest absolute Gasteiger partial charge is 0.378 e. The maximum absolute atomic E-state index is 13.1. The number of ether oxygens (including phenoxy) is 1. The highest BCUT2D eigenvalue weighted by atomic mass is 16.5. The molecule has 25 heavy (non-hydrogen) atoms. The number of anilines is 2. The number of aromatic nitrogens is 2. The summed E-state index contributed by atoms with van der Waals surface area (Å²) >= 11 is 0. The molecule has 4 bridgehead atoms. The predicted octanol–water partition coefficient (Wildman–Crippen LogP) is 2.47. The molecule has 1 aliphatic heterocycles. The third kappa shape index (κ3) is 2.80. The second-order valence-electron chi connectivity index (χ2n) is 8.51. The lowest BCUT2D eigenvalue weighted by Crippen LogP contribution is -2.51. The first kappa shape index (κ1) is 15.6. The van der Waals surface area contributed by atoms with Crippen LogP contribution in [0.25, 0.3) is 0 Å². The summed E-state index contributed by atoms with van der Waals surface area (Å²) in [7, 11) is 0. The van der Waals surface area contributed by atoms with Gasteiger partial charge >= 0.3 is 0 Å². The Hall–Kier alpha value is -1.69. The van der Waals surface area contributed by atoms with Crippen molar-refractivity contribution < 1.29 is 9.53 Å². The van der Waals surface area contributed by atoms with Crippen LogP contribution in [0.3, 0.4) is 0 Å². The van der Waals surface area contributed by atoms with E-state index in [-0.39, 0.29) is 11.3 Å². The lowest BCUT2D eigenvalue weighted by molar-refractivity contribution is -0.140. The van der Waals surface area contributed by atoms with Crippen molar-refractivity contribution in [2.45, 2.75) is 38.5 Å². The van der Waals surface area contributed by atoms with Gasteiger partial charge in [-0.05, 0) is 56.3 Å². The SMILES string of the molecule is O=C(Nc1cc(N2CCOCC2)ncn1)C12CC3CC(CC(C3)C1)C2. The fraction of sp³-hybridized carbons (Fsp3) is 0.737. The van der Waals surface area contributed by atoms with Crippen LogP contribution in [-0.4, -0.2) is 42.2 Å². The summed E-state index contributed by atoms with van der Waals surface area (Å²) in [4.78, 5) is 24.0. The molecule has 0 spiro atoms. The Balaban J connectivity index is 1.33. The molecule has 0 radical (unpaired) electrons. The molecule has 6 rings (SSSR count). The number of nitrogens with zero attached hydrogens (tertiary/aromatic N) is 3. The van der Waals surface area contributed by atoms with Crippen LogP contribution in [0.1, 0.15) is 38.5 Å². The van der Waals surface area contributed by atoms with Crippen LogP contribution < -0.4 is 10.2 Å². The van der Waals surface area contributed by atoms with Crippen molar-refractivity contribution >= 4 is 17.5 Å². The van der Waals surface area contributed by atoms with E-state index >= 15 is 0 Å². The third-order valence-corrected chi connectivity index (χ3v) is 6.75. The van der Waals surface area contributed by atoms with E-state index < -0.39 is 0 Å². The lowest BCUT2D eigenvalue weighted by atomic mass is 9.49. The van der Waals surface area contributed by atoms with E-state index in [1.165, 1.54) is 19.3 Å². The van der Waals surface area contributed by atoms with Gasteiger partial charge in [0.1, 0.15) is 18.0 Å². The van der Waals surface area contributed by atoms with E-state index in [9.17, 15) is 4.79 Å². The molecule has 6 nitrogen and oxygen atoms in total. The normalized spacial score (nSPS) is 36.5. The Kier molecular flexibility index (Phi) is 3.69. The fourth-order valence-corrected chi connectivity index (χ4v) is 6.02. The number of rotatable bonds is 3. The summed E-state index contributed by atoms with van der Waals surface area (Å²) in [5.74, 6) is 4.01. The second kappa shape index (κ2) is 5.94. The summed E-state index contributed by atoms with van der Waals surface area (Å²) in [6.45, 7) is 3.11. The zero-order valence-electron chi connectivity index (χ0n) is 14.6. The Bertz CT molecular complexity index is 636. The third-order valence-electron chi connectivity index (χ3n) is 6.75. The van der Waals surface area contributed by atoms with Crippen LogP contribution in [0.5, 0.6) is 0 Å². The summed E-state index contributed by atoms with van der Waals surface area (Å²) < 4.78 is 5.40. The number of carbonyl (C=O) groups is 1. The van der Waals surface area contributed by atoms with Gasteiger partial charge in [0.05, 0.1) is 18.6 Å². The zero-order valence-corrected chi connectivity index (χ0v) is 14.6. The number of morpholine rings is 1. The zero-order chi connectivity index (χ0) is 16.9. The average molecular weight is 342 g/mol. The first-order chi connectivity index (χ1) is 12.2. The molecule has 1 aromatic heterocycles. The Labute approximate surface area is 148 Å². The monoisotopic (exact) mass is 342 g/mol. The van der Waals surface area contributed by atoms with E-state index in [0.717, 1.165) is 69.1 Å². The highest BCUT2D eigenvalue weighted by Gasteiger charge is 2.54. The van der Waals surface area contributed by atoms with E-state index in [1.807, 2.05) is 6.07 Å². The molecule has 4 aliphatic carbocycles. The molecule has 1 aromatic rings. The summed E-state index contributed by atoms with van der Waals surface area (Å²) in [5, 5.41) is 3.13. The highest BCUT2D eigenvalue weighted by Crippen LogP contribution is 2.60. The number of carbonyl (C=O) groups excluding carboxylic acids is 1. The maximum atomic E-state index is 13.1. The molecule has 4 saturated carbocycles. The van der Waals surface area contributed by atoms with Crippen molar-refractivity contribution in [3.05, 3.63) is 12.4 Å². The topological polar surface area (TPSA) is 67.4 Å². The van der Waals surface area contributed by atoms with Crippen molar-refractivity contribution in [2.75, 3.05) is 36.5 Å². The first-order valence-electron chi connectivity index (χ1n) is 9.66. The minimum atomic E-state index is -0.140. The maximum Gasteiger partial charge on any atom is 0.231 e. The van der Waals surface area contributed by atoms with Gasteiger partial charge in [-0.25, -0.2) is 9.97 Å². The van der Waals surface area contributed by atoms with Crippen molar-refractivity contribution in [2.24, 2.45) is 23.2 Å². The van der Waals surface area contributed by atoms with Gasteiger partial charge in [0.15, 0.2) is 0 Å². The van der Waals surface area contributed by atoms with Gasteiger partial charge in [-0.1, -0.05) is 0 Å². The van der Waals surface area contributed by atoms with Crippen LogP contribution in [0, 0.1) is 23.2 Å². The highest BCUT2D eigenvalue weighted by molar-refractivity contribution is 5.95. The molecule has 1 N–H and O–H groups in total. The molecule has 0 atom stereocenters. The smallest absolute Gasteiger partial charge is 0.231 e. The van der Waals surface area contributed by atoms with Crippen molar-refractivity contribution in [3.8, 4) is 0 Å². The standard InChI is InChI=1S/C19H26N4O2/c24-18(19-9-13-5-14(10-19)7-15(6-13)11-19)22-16-8-17(21-12-20-16)23-1-3-25-4-2-23/h8,12-15H,1-7,9-11H2,(H,20,21,22,24). The average Bonchev–Trinajstić information content (AvgIpc) is 2.61. The molecule has 2 heterocycles. The van der Waals surface area contributed by atoms with Crippen LogP contribution in [0.2, 0.25) is 0 Å². The van der Waals surface area contributed by atoms with E-state index in [2.05, 4.69) is 20.2 Å². The minimum Gasteiger partial charge on any atom is -0.378 e. The quantitative estimate of drug-likeness (QED) is 0.914. The van der Waals surface area contributed by atoms with Gasteiger partial charge in [-0.3, -0.25) is 4.79 Å². The number of hydrogen-bond acceptors (Lipinski definition) is 5. The fourth-order valence-electron chi connectivity index (χ4n) is 6.02. The Morgan fingerprint density at radius 1 is 1.08 bits per heavy atom. The minimum absolute atomic E-state index is 0.140. The Morgan fingerprint density at radius 2 is 1.72 bits per heavy atom. The molecule has 5 aliphatic rings. The van der Waals surface area contributed by atoms with Crippen molar-refractivity contribution in [3.63, 3.8) is 0 Å². The molecule has 5 fully saturated rings. The molecule has 0 aromatic carbocycles. The van der Waals surface area contributed by atoms with Gasteiger partial charge in [0.2, 0.25) is 5.91 Å². The predicted molar refractivity (Wildman–Crippen MR) is 94.3 cm³/mol. The molecule has 0 unspecified atom stereocenters. The van der Waals surface area contributed by atoms with Crippen LogP contribution >= 0.6 is 0 Å². The molecule has 134 valence electrons. The van der Waals surface area contributed by atoms with Crippen molar-refractivity contribution in [1.82, 2.24) is 9.97 Å². The van der Waals surface area contributed by atoms with E-state index in [1.54, 1.807) is 6.33 Å². The second-order valence-corrected chi connectivity index (χ2v) is 8.51.